The summed E-state index contributed by atoms with van der Waals surface area (Å²) in [5, 5.41) is 8.46. The monoisotopic (exact) mass is 583 g/mol. The molecule has 202 valence electrons. The van der Waals surface area contributed by atoms with E-state index in [4.69, 9.17) is 5.73 Å². The molecular weight excluding hydrogens is 548 g/mol. The van der Waals surface area contributed by atoms with E-state index in [1.807, 2.05) is 36.9 Å². The van der Waals surface area contributed by atoms with E-state index in [0.717, 1.165) is 23.4 Å². The fraction of sp³-hybridized carbons (Fsp3) is 0.333. The van der Waals surface area contributed by atoms with Gasteiger partial charge in [0.05, 0.1) is 0 Å². The molecule has 1 saturated heterocycles. The van der Waals surface area contributed by atoms with Gasteiger partial charge in [0.25, 0.3) is 0 Å². The summed E-state index contributed by atoms with van der Waals surface area (Å²) in [5.74, 6) is 0.253. The van der Waals surface area contributed by atoms with Crippen molar-refractivity contribution in [1.82, 2.24) is 25.5 Å². The summed E-state index contributed by atoms with van der Waals surface area (Å²) >= 11 is 1.26. The van der Waals surface area contributed by atoms with Gasteiger partial charge < -0.3 is 5.73 Å². The number of rotatable bonds is 8. The molecular formula is C27H35AsFN7O2. The number of nitrogen functional groups attached to an aromatic ring is 1. The van der Waals surface area contributed by atoms with E-state index in [0.29, 0.717) is 54.2 Å². The SMILES string of the molecule is CC.Nc1ccc(CNC(=O)Nc2ccc(-c3ccc(C(=O)NCCN4CCC(F)C4)c([AsH2])n3)cc2)cn1. The van der Waals surface area contributed by atoms with Crippen molar-refractivity contribution in [1.29, 1.82) is 0 Å². The first-order chi connectivity index (χ1) is 18.4. The van der Waals surface area contributed by atoms with Crippen molar-refractivity contribution >= 4 is 44.8 Å². The molecule has 2 atom stereocenters. The number of likely N-dealkylation sites (tertiary alicyclic amines) is 1. The van der Waals surface area contributed by atoms with Crippen molar-refractivity contribution in [3.05, 3.63) is 65.9 Å². The number of anilines is 2. The summed E-state index contributed by atoms with van der Waals surface area (Å²) < 4.78 is 14.0. The number of nitrogens with two attached hydrogens (primary N) is 1. The number of hydrogen-bond acceptors (Lipinski definition) is 6. The third kappa shape index (κ3) is 8.53. The molecule has 1 aliphatic heterocycles. The van der Waals surface area contributed by atoms with E-state index in [1.54, 1.807) is 36.5 Å². The molecule has 2 aromatic heterocycles. The van der Waals surface area contributed by atoms with Crippen molar-refractivity contribution in [2.75, 3.05) is 37.2 Å². The summed E-state index contributed by atoms with van der Waals surface area (Å²) in [4.78, 5) is 35.4. The predicted molar refractivity (Wildman–Crippen MR) is 152 cm³/mol. The second-order valence-corrected chi connectivity index (χ2v) is 9.70. The minimum absolute atomic E-state index is 0.176. The van der Waals surface area contributed by atoms with E-state index in [1.165, 1.54) is 16.9 Å². The van der Waals surface area contributed by atoms with Crippen LogP contribution in [0.1, 0.15) is 36.2 Å². The zero-order chi connectivity index (χ0) is 27.5. The minimum atomic E-state index is -0.762. The van der Waals surface area contributed by atoms with Crippen molar-refractivity contribution in [2.45, 2.75) is 33.0 Å². The molecule has 0 aliphatic carbocycles. The number of nitrogens with one attached hydrogen (secondary N) is 3. The molecule has 0 saturated carbocycles. The van der Waals surface area contributed by atoms with Gasteiger partial charge in [-0.3, -0.25) is 0 Å². The Hall–Kier alpha value is -3.49. The van der Waals surface area contributed by atoms with E-state index in [9.17, 15) is 14.0 Å². The number of carbonyl (C=O) groups excluding carboxylic acids is 2. The van der Waals surface area contributed by atoms with Crippen LogP contribution in [0.25, 0.3) is 11.3 Å². The van der Waals surface area contributed by atoms with Crippen molar-refractivity contribution in [3.8, 4) is 11.3 Å². The van der Waals surface area contributed by atoms with Gasteiger partial charge in [-0.1, -0.05) is 19.9 Å². The molecule has 3 aromatic rings. The number of urea groups is 1. The van der Waals surface area contributed by atoms with Crippen LogP contribution in [0.4, 0.5) is 20.7 Å². The number of hydrogen-bond donors (Lipinski definition) is 4. The van der Waals surface area contributed by atoms with Gasteiger partial charge in [0.2, 0.25) is 0 Å². The molecule has 0 spiro atoms. The molecule has 1 fully saturated rings. The molecule has 3 amide bonds. The van der Waals surface area contributed by atoms with Gasteiger partial charge in [0, 0.05) is 6.20 Å². The maximum absolute atomic E-state index is 13.3. The Kier molecular flexibility index (Phi) is 11.1. The Balaban J connectivity index is 0.00000195. The first-order valence-electron chi connectivity index (χ1n) is 12.6. The average molecular weight is 584 g/mol. The Labute approximate surface area is 231 Å². The quantitative estimate of drug-likeness (QED) is 0.301. The largest absolute Gasteiger partial charge is 0.239 e. The fourth-order valence-electron chi connectivity index (χ4n) is 3.86. The molecule has 1 aromatic carbocycles. The topological polar surface area (TPSA) is 125 Å². The zero-order valence-corrected chi connectivity index (χ0v) is 24.1. The summed E-state index contributed by atoms with van der Waals surface area (Å²) in [5.41, 5.74) is 9.20. The summed E-state index contributed by atoms with van der Waals surface area (Å²) in [7, 11) is 0. The van der Waals surface area contributed by atoms with Crippen LogP contribution in [0.3, 0.4) is 0 Å². The van der Waals surface area contributed by atoms with Crippen molar-refractivity contribution in [2.24, 2.45) is 0 Å². The number of carbonyl (C=O) groups is 2. The number of aromatic nitrogens is 2. The second kappa shape index (κ2) is 14.4. The number of amides is 3. The van der Waals surface area contributed by atoms with Crippen molar-refractivity contribution < 1.29 is 14.0 Å². The van der Waals surface area contributed by atoms with Gasteiger partial charge >= 0.3 is 183 Å². The molecule has 4 rings (SSSR count). The first kappa shape index (κ1) is 29.1. The maximum Gasteiger partial charge on any atom is 0.0342 e. The number of nitrogens with zero attached hydrogens (tertiary/aromatic N) is 3. The molecule has 0 radical (unpaired) electrons. The molecule has 11 heteroatoms. The molecule has 3 heterocycles. The number of pyridine rings is 2. The minimum Gasteiger partial charge on any atom is -0.239 e. The fourth-order valence-corrected chi connectivity index (χ4v) is 4.63. The van der Waals surface area contributed by atoms with E-state index in [2.05, 4.69) is 25.9 Å². The van der Waals surface area contributed by atoms with Crippen LogP contribution in [0.2, 0.25) is 0 Å². The number of benzene rings is 1. The van der Waals surface area contributed by atoms with Gasteiger partial charge in [-0.25, -0.2) is 4.98 Å². The average Bonchev–Trinajstić information content (AvgIpc) is 3.34. The van der Waals surface area contributed by atoms with E-state index in [-0.39, 0.29) is 11.9 Å². The van der Waals surface area contributed by atoms with Gasteiger partial charge in [-0.05, 0) is 6.07 Å². The van der Waals surface area contributed by atoms with Gasteiger partial charge in [-0.15, -0.1) is 0 Å². The van der Waals surface area contributed by atoms with Crippen LogP contribution in [0.15, 0.2) is 54.7 Å². The van der Waals surface area contributed by atoms with Crippen LogP contribution in [0, 0.1) is 0 Å². The van der Waals surface area contributed by atoms with E-state index >= 15 is 0 Å². The maximum atomic E-state index is 13.3. The van der Waals surface area contributed by atoms with Gasteiger partial charge in [0.1, 0.15) is 5.82 Å². The van der Waals surface area contributed by atoms with Crippen LogP contribution in [-0.4, -0.2) is 76.0 Å². The molecule has 2 unspecified atom stereocenters. The molecule has 0 bridgehead atoms. The van der Waals surface area contributed by atoms with Crippen LogP contribution < -0.4 is 26.2 Å². The molecule has 9 nitrogen and oxygen atoms in total. The van der Waals surface area contributed by atoms with Crippen molar-refractivity contribution in [3.63, 3.8) is 0 Å². The Morgan fingerprint density at radius 1 is 1.11 bits per heavy atom. The molecule has 1 aliphatic rings. The normalized spacial score (nSPS) is 14.8. The zero-order valence-electron chi connectivity index (χ0n) is 21.7. The number of alkyl halides is 1. The molecule has 38 heavy (non-hydrogen) atoms. The first-order valence-corrected chi connectivity index (χ1v) is 13.9. The third-order valence-corrected chi connectivity index (χ3v) is 6.76. The second-order valence-electron chi connectivity index (χ2n) is 8.55. The van der Waals surface area contributed by atoms with Gasteiger partial charge in [0.15, 0.2) is 0 Å². The van der Waals surface area contributed by atoms with Crippen LogP contribution in [0.5, 0.6) is 0 Å². The Bertz CT molecular complexity index is 1210. The molecule has 5 N–H and O–H groups in total. The van der Waals surface area contributed by atoms with Gasteiger partial charge in [-0.2, -0.15) is 0 Å². The van der Waals surface area contributed by atoms with E-state index < -0.39 is 6.17 Å². The third-order valence-electron chi connectivity index (χ3n) is 5.84. The predicted octanol–water partition coefficient (Wildman–Crippen LogP) is 2.11. The summed E-state index contributed by atoms with van der Waals surface area (Å²) in [6, 6.07) is 14.0. The Morgan fingerprint density at radius 3 is 2.50 bits per heavy atom. The Morgan fingerprint density at radius 2 is 1.87 bits per heavy atom. The van der Waals surface area contributed by atoms with Crippen LogP contribution >= 0.6 is 0 Å². The summed E-state index contributed by atoms with van der Waals surface area (Å²) in [6.45, 7) is 6.61. The smallest absolute Gasteiger partial charge is 0.0342 e. The number of halogens is 1. The standard InChI is InChI=1S/C25H29AsFN7O2.C2H6/c26-23-20(24(35)29-10-12-34-11-9-18(27)15-34)6-7-21(33-23)17-2-4-19(5-3-17)32-25(36)31-14-16-1-8-22(28)30-13-16;1-2/h1-8,13,18H,9-12,14-15,26H2,(H2,28,30)(H,29,35)(H2,31,32,36);1-2H3. The summed E-state index contributed by atoms with van der Waals surface area (Å²) in [6.07, 6.45) is 1.42. The van der Waals surface area contributed by atoms with Crippen LogP contribution in [-0.2, 0) is 6.54 Å².